The fourth-order valence-corrected chi connectivity index (χ4v) is 4.21. The lowest BCUT2D eigenvalue weighted by Gasteiger charge is -2.19. The molecule has 0 saturated heterocycles. The number of sulfonamides is 1. The smallest absolute Gasteiger partial charge is 0.261 e. The van der Waals surface area contributed by atoms with Crippen LogP contribution in [0.2, 0.25) is 5.02 Å². The van der Waals surface area contributed by atoms with Crippen LogP contribution in [0.4, 0.5) is 5.69 Å². The number of amides is 1. The van der Waals surface area contributed by atoms with Crippen molar-refractivity contribution in [3.63, 3.8) is 0 Å². The van der Waals surface area contributed by atoms with Gasteiger partial charge in [-0.3, -0.25) is 9.52 Å². The molecule has 0 bridgehead atoms. The van der Waals surface area contributed by atoms with Crippen LogP contribution in [0, 0.1) is 0 Å². The Bertz CT molecular complexity index is 1090. The van der Waals surface area contributed by atoms with Gasteiger partial charge in [-0.1, -0.05) is 67.1 Å². The maximum absolute atomic E-state index is 13.0. The van der Waals surface area contributed by atoms with Crippen molar-refractivity contribution in [1.82, 2.24) is 5.32 Å². The van der Waals surface area contributed by atoms with Crippen molar-refractivity contribution in [2.24, 2.45) is 0 Å². The molecule has 0 saturated carbocycles. The summed E-state index contributed by atoms with van der Waals surface area (Å²) in [5.41, 5.74) is 1.29. The van der Waals surface area contributed by atoms with E-state index in [-0.39, 0.29) is 22.2 Å². The summed E-state index contributed by atoms with van der Waals surface area (Å²) in [6.45, 7) is 1.97. The van der Waals surface area contributed by atoms with Crippen LogP contribution in [-0.2, 0) is 10.0 Å². The van der Waals surface area contributed by atoms with E-state index in [1.807, 2.05) is 37.3 Å². The van der Waals surface area contributed by atoms with Gasteiger partial charge >= 0.3 is 0 Å². The van der Waals surface area contributed by atoms with Gasteiger partial charge in [0.15, 0.2) is 0 Å². The minimum atomic E-state index is -3.84. The second-order valence-electron chi connectivity index (χ2n) is 6.45. The van der Waals surface area contributed by atoms with Gasteiger partial charge in [-0.05, 0) is 42.3 Å². The highest BCUT2D eigenvalue weighted by Gasteiger charge is 2.21. The lowest BCUT2D eigenvalue weighted by molar-refractivity contribution is 0.0936. The lowest BCUT2D eigenvalue weighted by Crippen LogP contribution is -2.29. The number of hydrogen-bond acceptors (Lipinski definition) is 3. The summed E-state index contributed by atoms with van der Waals surface area (Å²) in [7, 11) is -3.84. The molecule has 29 heavy (non-hydrogen) atoms. The van der Waals surface area contributed by atoms with Crippen molar-refractivity contribution in [2.75, 3.05) is 4.72 Å². The summed E-state index contributed by atoms with van der Waals surface area (Å²) in [5.74, 6) is -0.408. The summed E-state index contributed by atoms with van der Waals surface area (Å²) in [6, 6.07) is 21.8. The first-order valence-corrected chi connectivity index (χ1v) is 11.0. The number of nitrogens with one attached hydrogen (secondary N) is 2. The Morgan fingerprint density at radius 2 is 1.59 bits per heavy atom. The maximum Gasteiger partial charge on any atom is 0.261 e. The van der Waals surface area contributed by atoms with Crippen LogP contribution < -0.4 is 10.0 Å². The van der Waals surface area contributed by atoms with Gasteiger partial charge < -0.3 is 5.32 Å². The largest absolute Gasteiger partial charge is 0.345 e. The predicted octanol–water partition coefficient (Wildman–Crippen LogP) is 5.02. The fourth-order valence-electron chi connectivity index (χ4n) is 2.94. The van der Waals surface area contributed by atoms with E-state index < -0.39 is 15.9 Å². The molecule has 2 N–H and O–H groups in total. The van der Waals surface area contributed by atoms with E-state index in [0.29, 0.717) is 11.4 Å². The third-order valence-electron chi connectivity index (χ3n) is 4.44. The Labute approximate surface area is 175 Å². The summed E-state index contributed by atoms with van der Waals surface area (Å²) >= 11 is 6.08. The van der Waals surface area contributed by atoms with Crippen molar-refractivity contribution < 1.29 is 13.2 Å². The van der Waals surface area contributed by atoms with Gasteiger partial charge in [-0.15, -0.1) is 0 Å². The zero-order chi connectivity index (χ0) is 20.9. The molecular weight excluding hydrogens is 408 g/mol. The minimum absolute atomic E-state index is 0.108. The topological polar surface area (TPSA) is 75.3 Å². The zero-order valence-electron chi connectivity index (χ0n) is 15.8. The van der Waals surface area contributed by atoms with Crippen LogP contribution >= 0.6 is 11.6 Å². The van der Waals surface area contributed by atoms with Gasteiger partial charge in [-0.25, -0.2) is 8.42 Å². The first kappa shape index (κ1) is 20.9. The van der Waals surface area contributed by atoms with E-state index >= 15 is 0 Å². The SMILES string of the molecule is CCC(NC(=O)c1cc(Cl)ccc1NS(=O)(=O)c1ccccc1)c1ccccc1. The van der Waals surface area contributed by atoms with Crippen LogP contribution in [0.25, 0.3) is 0 Å². The van der Waals surface area contributed by atoms with E-state index in [9.17, 15) is 13.2 Å². The summed E-state index contributed by atoms with van der Waals surface area (Å²) in [5, 5.41) is 3.30. The normalized spacial score (nSPS) is 12.2. The molecule has 0 aliphatic heterocycles. The molecule has 0 radical (unpaired) electrons. The molecule has 3 aromatic rings. The van der Waals surface area contributed by atoms with Crippen molar-refractivity contribution >= 4 is 33.2 Å². The quantitative estimate of drug-likeness (QED) is 0.554. The van der Waals surface area contributed by atoms with E-state index in [4.69, 9.17) is 11.6 Å². The molecule has 0 heterocycles. The van der Waals surface area contributed by atoms with Crippen LogP contribution in [0.1, 0.15) is 35.3 Å². The molecule has 0 aliphatic carbocycles. The fraction of sp³-hybridized carbons (Fsp3) is 0.136. The molecule has 0 fully saturated rings. The minimum Gasteiger partial charge on any atom is -0.345 e. The Balaban J connectivity index is 1.89. The second kappa shape index (κ2) is 9.11. The second-order valence-corrected chi connectivity index (χ2v) is 8.57. The van der Waals surface area contributed by atoms with Crippen molar-refractivity contribution in [3.05, 3.63) is 95.0 Å². The molecule has 1 unspecified atom stereocenters. The highest BCUT2D eigenvalue weighted by molar-refractivity contribution is 7.92. The third kappa shape index (κ3) is 5.16. The monoisotopic (exact) mass is 428 g/mol. The Morgan fingerprint density at radius 3 is 2.21 bits per heavy atom. The molecule has 3 rings (SSSR count). The number of hydrogen-bond donors (Lipinski definition) is 2. The summed E-state index contributed by atoms with van der Waals surface area (Å²) < 4.78 is 27.9. The van der Waals surface area contributed by atoms with Gasteiger partial charge in [0, 0.05) is 5.02 Å². The van der Waals surface area contributed by atoms with Crippen molar-refractivity contribution in [1.29, 1.82) is 0 Å². The molecule has 1 atom stereocenters. The third-order valence-corrected chi connectivity index (χ3v) is 6.06. The van der Waals surface area contributed by atoms with E-state index in [2.05, 4.69) is 10.0 Å². The van der Waals surface area contributed by atoms with E-state index in [0.717, 1.165) is 5.56 Å². The number of carbonyl (C=O) groups is 1. The number of anilines is 1. The number of halogens is 1. The summed E-state index contributed by atoms with van der Waals surface area (Å²) in [4.78, 5) is 13.1. The molecular formula is C22H21ClN2O3S. The number of benzene rings is 3. The van der Waals surface area contributed by atoms with Crippen molar-refractivity contribution in [3.8, 4) is 0 Å². The Hall–Kier alpha value is -2.83. The van der Waals surface area contributed by atoms with Gasteiger partial charge in [0.1, 0.15) is 0 Å². The number of carbonyl (C=O) groups excluding carboxylic acids is 1. The first-order chi connectivity index (χ1) is 13.9. The van der Waals surface area contributed by atoms with Crippen LogP contribution in [-0.4, -0.2) is 14.3 Å². The van der Waals surface area contributed by atoms with E-state index in [1.54, 1.807) is 18.2 Å². The van der Waals surface area contributed by atoms with E-state index in [1.165, 1.54) is 30.3 Å². The molecule has 1 amide bonds. The van der Waals surface area contributed by atoms with Crippen LogP contribution in [0.15, 0.2) is 83.8 Å². The Kier molecular flexibility index (Phi) is 6.56. The zero-order valence-corrected chi connectivity index (χ0v) is 17.4. The highest BCUT2D eigenvalue weighted by atomic mass is 35.5. The molecule has 0 aliphatic rings. The molecule has 150 valence electrons. The van der Waals surface area contributed by atoms with Gasteiger partial charge in [-0.2, -0.15) is 0 Å². The average Bonchev–Trinajstić information content (AvgIpc) is 2.74. The standard InChI is InChI=1S/C22H21ClN2O3S/c1-2-20(16-9-5-3-6-10-16)24-22(26)19-15-17(23)13-14-21(19)25-29(27,28)18-11-7-4-8-12-18/h3-15,20,25H,2H2,1H3,(H,24,26). The number of rotatable bonds is 7. The predicted molar refractivity (Wildman–Crippen MR) is 116 cm³/mol. The lowest BCUT2D eigenvalue weighted by atomic mass is 10.0. The maximum atomic E-state index is 13.0. The molecule has 7 heteroatoms. The Morgan fingerprint density at radius 1 is 0.966 bits per heavy atom. The average molecular weight is 429 g/mol. The first-order valence-electron chi connectivity index (χ1n) is 9.14. The van der Waals surface area contributed by atoms with Gasteiger partial charge in [0.2, 0.25) is 0 Å². The molecule has 0 spiro atoms. The molecule has 0 aromatic heterocycles. The van der Waals surface area contributed by atoms with Gasteiger partial charge in [0.05, 0.1) is 22.2 Å². The summed E-state index contributed by atoms with van der Waals surface area (Å²) in [6.07, 6.45) is 0.682. The van der Waals surface area contributed by atoms with Gasteiger partial charge in [0.25, 0.3) is 15.9 Å². The molecule has 5 nitrogen and oxygen atoms in total. The van der Waals surface area contributed by atoms with Crippen molar-refractivity contribution in [2.45, 2.75) is 24.3 Å². The molecule has 3 aromatic carbocycles. The van der Waals surface area contributed by atoms with Crippen LogP contribution in [0.5, 0.6) is 0 Å². The van der Waals surface area contributed by atoms with Crippen LogP contribution in [0.3, 0.4) is 0 Å². The highest BCUT2D eigenvalue weighted by Crippen LogP contribution is 2.25.